The topological polar surface area (TPSA) is 106 Å². The van der Waals surface area contributed by atoms with E-state index in [9.17, 15) is 22.8 Å². The Hall–Kier alpha value is -3.19. The van der Waals surface area contributed by atoms with Crippen molar-refractivity contribution < 1.29 is 32.7 Å². The number of aryl methyl sites for hydroxylation is 1. The molecule has 0 aliphatic carbocycles. The number of alkyl halides is 3. The minimum atomic E-state index is -5.08. The number of thiazole rings is 1. The highest BCUT2D eigenvalue weighted by atomic mass is 32.1. The zero-order chi connectivity index (χ0) is 26.5. The van der Waals surface area contributed by atoms with Gasteiger partial charge in [0, 0.05) is 50.8 Å². The van der Waals surface area contributed by atoms with E-state index in [0.717, 1.165) is 29.5 Å². The fraction of sp³-hybridized carbons (Fsp3) is 0.478. The zero-order valence-electron chi connectivity index (χ0n) is 19.9. The lowest BCUT2D eigenvalue weighted by Gasteiger charge is -2.52. The third-order valence-electron chi connectivity index (χ3n) is 6.22. The summed E-state index contributed by atoms with van der Waals surface area (Å²) in [7, 11) is 1.88. The van der Waals surface area contributed by atoms with Crippen LogP contribution in [-0.4, -0.2) is 87.6 Å². The summed E-state index contributed by atoms with van der Waals surface area (Å²) in [6.45, 7) is 5.36. The molecular weight excluding hydrogens is 499 g/mol. The van der Waals surface area contributed by atoms with Crippen LogP contribution >= 0.6 is 11.3 Å². The van der Waals surface area contributed by atoms with E-state index in [1.54, 1.807) is 11.3 Å². The van der Waals surface area contributed by atoms with Crippen molar-refractivity contribution in [3.63, 3.8) is 0 Å². The number of halogens is 3. The van der Waals surface area contributed by atoms with Gasteiger partial charge in [0.15, 0.2) is 0 Å². The lowest BCUT2D eigenvalue weighted by molar-refractivity contribution is -0.192. The van der Waals surface area contributed by atoms with Gasteiger partial charge in [-0.25, -0.2) is 14.6 Å². The number of hydrogen-bond acceptors (Lipinski definition) is 6. The highest BCUT2D eigenvalue weighted by Gasteiger charge is 2.50. The van der Waals surface area contributed by atoms with E-state index in [4.69, 9.17) is 9.90 Å². The number of benzene rings is 1. The fourth-order valence-corrected chi connectivity index (χ4v) is 4.92. The number of carbonyl (C=O) groups is 3. The molecule has 196 valence electrons. The van der Waals surface area contributed by atoms with Gasteiger partial charge < -0.3 is 20.2 Å². The monoisotopic (exact) mass is 527 g/mol. The third-order valence-corrected chi connectivity index (χ3v) is 7.04. The minimum absolute atomic E-state index is 0.107. The normalized spacial score (nSPS) is 18.0. The molecule has 0 atom stereocenters. The van der Waals surface area contributed by atoms with E-state index in [-0.39, 0.29) is 11.9 Å². The van der Waals surface area contributed by atoms with Crippen LogP contribution in [0.3, 0.4) is 0 Å². The summed E-state index contributed by atoms with van der Waals surface area (Å²) in [6.07, 6.45) is -3.80. The Morgan fingerprint density at radius 3 is 2.28 bits per heavy atom. The Balaban J connectivity index is 0.000000454. The number of para-hydroxylation sites is 1. The third kappa shape index (κ3) is 6.52. The Bertz CT molecular complexity index is 1070. The molecule has 9 nitrogen and oxygen atoms in total. The maximum atomic E-state index is 13.2. The summed E-state index contributed by atoms with van der Waals surface area (Å²) in [5, 5.41) is 13.2. The maximum absolute atomic E-state index is 13.2. The van der Waals surface area contributed by atoms with Crippen molar-refractivity contribution in [2.75, 3.05) is 38.5 Å². The van der Waals surface area contributed by atoms with E-state index < -0.39 is 17.7 Å². The second-order valence-corrected chi connectivity index (χ2v) is 9.69. The molecule has 3 heterocycles. The van der Waals surface area contributed by atoms with Crippen LogP contribution in [-0.2, 0) is 16.1 Å². The molecule has 2 aromatic rings. The van der Waals surface area contributed by atoms with Crippen molar-refractivity contribution in [2.45, 2.75) is 38.0 Å². The number of aromatic nitrogens is 1. The molecule has 2 saturated heterocycles. The lowest BCUT2D eigenvalue weighted by atomic mass is 9.82. The van der Waals surface area contributed by atoms with E-state index in [1.165, 1.54) is 0 Å². The lowest BCUT2D eigenvalue weighted by Crippen LogP contribution is -2.68. The first-order valence-electron chi connectivity index (χ1n) is 11.2. The largest absolute Gasteiger partial charge is 0.490 e. The van der Waals surface area contributed by atoms with Crippen molar-refractivity contribution in [2.24, 2.45) is 0 Å². The summed E-state index contributed by atoms with van der Waals surface area (Å²) >= 11 is 1.64. The highest BCUT2D eigenvalue weighted by molar-refractivity contribution is 7.09. The molecule has 4 rings (SSSR count). The van der Waals surface area contributed by atoms with E-state index in [0.29, 0.717) is 32.5 Å². The smallest absolute Gasteiger partial charge is 0.475 e. The molecule has 0 bridgehead atoms. The molecule has 2 aliphatic heterocycles. The highest BCUT2D eigenvalue weighted by Crippen LogP contribution is 2.35. The van der Waals surface area contributed by atoms with Gasteiger partial charge in [0.2, 0.25) is 5.91 Å². The summed E-state index contributed by atoms with van der Waals surface area (Å²) in [4.78, 5) is 45.3. The van der Waals surface area contributed by atoms with Gasteiger partial charge >= 0.3 is 18.2 Å². The Morgan fingerprint density at radius 2 is 1.75 bits per heavy atom. The number of piperidine rings is 1. The van der Waals surface area contributed by atoms with E-state index in [2.05, 4.69) is 20.6 Å². The summed E-state index contributed by atoms with van der Waals surface area (Å²) in [5.41, 5.74) is 1.26. The van der Waals surface area contributed by atoms with Crippen LogP contribution in [0.2, 0.25) is 0 Å². The van der Waals surface area contributed by atoms with Crippen molar-refractivity contribution in [1.29, 1.82) is 0 Å². The van der Waals surface area contributed by atoms with Gasteiger partial charge in [0.05, 0.1) is 10.7 Å². The summed E-state index contributed by atoms with van der Waals surface area (Å²) in [6, 6.07) is 9.36. The molecule has 1 aromatic heterocycles. The van der Waals surface area contributed by atoms with E-state index >= 15 is 0 Å². The van der Waals surface area contributed by atoms with Crippen LogP contribution in [0.25, 0.3) is 0 Å². The quantitative estimate of drug-likeness (QED) is 0.634. The predicted octanol–water partition coefficient (Wildman–Crippen LogP) is 3.43. The molecule has 13 heteroatoms. The Labute approximate surface area is 210 Å². The molecule has 0 radical (unpaired) electrons. The van der Waals surface area contributed by atoms with Crippen LogP contribution in [0.4, 0.5) is 23.7 Å². The van der Waals surface area contributed by atoms with Gasteiger partial charge in [0.1, 0.15) is 5.54 Å². The number of urea groups is 1. The first-order chi connectivity index (χ1) is 16.9. The Morgan fingerprint density at radius 1 is 1.14 bits per heavy atom. The van der Waals surface area contributed by atoms with Crippen molar-refractivity contribution >= 4 is 34.9 Å². The molecule has 0 saturated carbocycles. The van der Waals surface area contributed by atoms with Gasteiger partial charge in [-0.2, -0.15) is 13.2 Å². The van der Waals surface area contributed by atoms with Gasteiger partial charge in [-0.15, -0.1) is 11.3 Å². The number of piperazine rings is 1. The second kappa shape index (κ2) is 11.2. The molecule has 0 unspecified atom stereocenters. The zero-order valence-corrected chi connectivity index (χ0v) is 20.7. The number of rotatable bonds is 3. The van der Waals surface area contributed by atoms with Crippen molar-refractivity contribution in [1.82, 2.24) is 19.7 Å². The number of nitrogens with one attached hydrogen (secondary N) is 1. The second-order valence-electron chi connectivity index (χ2n) is 8.62. The Kier molecular flexibility index (Phi) is 8.56. The molecule has 2 fully saturated rings. The van der Waals surface area contributed by atoms with Crippen LogP contribution in [0.1, 0.15) is 23.5 Å². The molecule has 3 amide bonds. The molecule has 36 heavy (non-hydrogen) atoms. The number of aliphatic carboxylic acids is 1. The summed E-state index contributed by atoms with van der Waals surface area (Å²) in [5.74, 6) is -2.59. The summed E-state index contributed by atoms with van der Waals surface area (Å²) < 4.78 is 31.7. The number of nitrogens with zero attached hydrogens (tertiary/aromatic N) is 4. The van der Waals surface area contributed by atoms with Crippen LogP contribution in [0.15, 0.2) is 35.7 Å². The maximum Gasteiger partial charge on any atom is 0.490 e. The number of likely N-dealkylation sites (tertiary alicyclic amines) is 1. The molecule has 2 N–H and O–H groups in total. The number of amides is 3. The number of anilines is 1. The van der Waals surface area contributed by atoms with Crippen LogP contribution in [0, 0.1) is 6.92 Å². The predicted molar refractivity (Wildman–Crippen MR) is 128 cm³/mol. The van der Waals surface area contributed by atoms with Crippen LogP contribution in [0.5, 0.6) is 0 Å². The fourth-order valence-electron chi connectivity index (χ4n) is 4.32. The molecule has 1 aromatic carbocycles. The number of carbonyl (C=O) groups excluding carboxylic acids is 2. The minimum Gasteiger partial charge on any atom is -0.475 e. The van der Waals surface area contributed by atoms with Gasteiger partial charge in [-0.1, -0.05) is 18.2 Å². The molecule has 1 spiro atoms. The first kappa shape index (κ1) is 27.4. The average Bonchev–Trinajstić information content (AvgIpc) is 3.25. The number of carboxylic acids is 1. The van der Waals surface area contributed by atoms with Gasteiger partial charge in [0.25, 0.3) is 0 Å². The van der Waals surface area contributed by atoms with Gasteiger partial charge in [-0.3, -0.25) is 9.69 Å². The van der Waals surface area contributed by atoms with Crippen LogP contribution < -0.4 is 5.32 Å². The molecular formula is C23H28F3N5O4S. The molecule has 2 aliphatic rings. The van der Waals surface area contributed by atoms with Gasteiger partial charge in [-0.05, 0) is 31.9 Å². The average molecular weight is 528 g/mol. The van der Waals surface area contributed by atoms with E-state index in [1.807, 2.05) is 54.1 Å². The standard InChI is InChI=1S/C21H27N5O2S.C2HF3O2/c1-16-22-18(15-29-16)14-26-13-12-24(2)19(27)21(26)8-10-25(11-9-21)20(28)23-17-6-4-3-5-7-17;3-2(4,5)1(6)7/h3-7,15H,8-14H2,1-2H3,(H,23,28);(H,6,7). The van der Waals surface area contributed by atoms with Crippen molar-refractivity contribution in [3.05, 3.63) is 46.4 Å². The number of carboxylic acid groups (broad SMARTS) is 1. The number of likely N-dealkylation sites (N-methyl/N-ethyl adjacent to an activating group) is 1. The SMILES string of the molecule is Cc1nc(CN2CCN(C)C(=O)C23CCN(C(=O)Nc2ccccc2)CC3)cs1.O=C(O)C(F)(F)F. The van der Waals surface area contributed by atoms with Crippen molar-refractivity contribution in [3.8, 4) is 0 Å². The first-order valence-corrected chi connectivity index (χ1v) is 12.1. The number of hydrogen-bond donors (Lipinski definition) is 2.